The Morgan fingerprint density at radius 1 is 1.50 bits per heavy atom. The smallest absolute Gasteiger partial charge is 0.250 e. The lowest BCUT2D eigenvalue weighted by Gasteiger charge is -2.06. The SMILES string of the molecule is Cc1cc(/C=C/C(=O)Nc2nccs2)c(C)n1C1CC1. The molecule has 1 fully saturated rings. The fourth-order valence-corrected chi connectivity index (χ4v) is 3.00. The topological polar surface area (TPSA) is 46.9 Å². The first-order chi connectivity index (χ1) is 9.65. The van der Waals surface area contributed by atoms with Gasteiger partial charge in [0.15, 0.2) is 5.13 Å². The van der Waals surface area contributed by atoms with Gasteiger partial charge in [-0.3, -0.25) is 10.1 Å². The third-order valence-corrected chi connectivity index (χ3v) is 4.20. The van der Waals surface area contributed by atoms with Crippen LogP contribution in [0.4, 0.5) is 5.13 Å². The van der Waals surface area contributed by atoms with E-state index in [1.54, 1.807) is 12.3 Å². The van der Waals surface area contributed by atoms with Gasteiger partial charge in [-0.25, -0.2) is 4.98 Å². The van der Waals surface area contributed by atoms with Gasteiger partial charge in [-0.05, 0) is 44.4 Å². The molecule has 5 heteroatoms. The quantitative estimate of drug-likeness (QED) is 0.874. The van der Waals surface area contributed by atoms with Crippen LogP contribution in [0.5, 0.6) is 0 Å². The van der Waals surface area contributed by atoms with E-state index in [2.05, 4.69) is 34.8 Å². The Kier molecular flexibility index (Phi) is 3.44. The van der Waals surface area contributed by atoms with Crippen molar-refractivity contribution in [3.05, 3.63) is 40.7 Å². The summed E-state index contributed by atoms with van der Waals surface area (Å²) in [5.41, 5.74) is 3.62. The number of hydrogen-bond acceptors (Lipinski definition) is 3. The number of aromatic nitrogens is 2. The molecule has 1 saturated carbocycles. The summed E-state index contributed by atoms with van der Waals surface area (Å²) < 4.78 is 2.37. The second-order valence-corrected chi connectivity index (χ2v) is 5.98. The van der Waals surface area contributed by atoms with Gasteiger partial charge < -0.3 is 4.57 Å². The van der Waals surface area contributed by atoms with E-state index < -0.39 is 0 Å². The first-order valence-electron chi connectivity index (χ1n) is 6.72. The van der Waals surface area contributed by atoms with Crippen molar-refractivity contribution >= 4 is 28.5 Å². The van der Waals surface area contributed by atoms with Crippen molar-refractivity contribution in [2.24, 2.45) is 0 Å². The van der Waals surface area contributed by atoms with E-state index >= 15 is 0 Å². The molecule has 104 valence electrons. The average Bonchev–Trinajstić information content (AvgIpc) is 3.02. The molecule has 0 unspecified atom stereocenters. The van der Waals surface area contributed by atoms with Crippen molar-refractivity contribution < 1.29 is 4.79 Å². The maximum Gasteiger partial charge on any atom is 0.250 e. The molecule has 1 N–H and O–H groups in total. The van der Waals surface area contributed by atoms with Crippen molar-refractivity contribution in [2.45, 2.75) is 32.7 Å². The van der Waals surface area contributed by atoms with Crippen molar-refractivity contribution in [3.8, 4) is 0 Å². The normalized spacial score (nSPS) is 14.9. The Bertz CT molecular complexity index is 651. The van der Waals surface area contributed by atoms with Gasteiger partial charge in [0.25, 0.3) is 0 Å². The lowest BCUT2D eigenvalue weighted by atomic mass is 10.2. The van der Waals surface area contributed by atoms with Crippen LogP contribution in [0.25, 0.3) is 6.08 Å². The van der Waals surface area contributed by atoms with Crippen LogP contribution in [-0.4, -0.2) is 15.5 Å². The second kappa shape index (κ2) is 5.25. The molecule has 4 nitrogen and oxygen atoms in total. The summed E-state index contributed by atoms with van der Waals surface area (Å²) in [5.74, 6) is -0.142. The molecule has 0 aliphatic heterocycles. The zero-order valence-electron chi connectivity index (χ0n) is 11.6. The van der Waals surface area contributed by atoms with Gasteiger partial charge in [-0.2, -0.15) is 0 Å². The molecule has 0 spiro atoms. The molecule has 1 aliphatic rings. The Labute approximate surface area is 122 Å². The first-order valence-corrected chi connectivity index (χ1v) is 7.60. The Balaban J connectivity index is 1.72. The predicted molar refractivity (Wildman–Crippen MR) is 82.0 cm³/mol. The summed E-state index contributed by atoms with van der Waals surface area (Å²) >= 11 is 1.41. The average molecular weight is 287 g/mol. The highest BCUT2D eigenvalue weighted by Gasteiger charge is 2.26. The Hall–Kier alpha value is -1.88. The van der Waals surface area contributed by atoms with E-state index in [0.717, 1.165) is 5.56 Å². The maximum absolute atomic E-state index is 11.8. The van der Waals surface area contributed by atoms with Crippen LogP contribution in [0.2, 0.25) is 0 Å². The highest BCUT2D eigenvalue weighted by Crippen LogP contribution is 2.38. The molecule has 1 amide bonds. The van der Waals surface area contributed by atoms with E-state index in [0.29, 0.717) is 11.2 Å². The number of nitrogens with zero attached hydrogens (tertiary/aromatic N) is 2. The summed E-state index contributed by atoms with van der Waals surface area (Å²) in [6, 6.07) is 2.81. The molecular weight excluding hydrogens is 270 g/mol. The number of amides is 1. The number of nitrogens with one attached hydrogen (secondary N) is 1. The van der Waals surface area contributed by atoms with Crippen molar-refractivity contribution in [3.63, 3.8) is 0 Å². The molecule has 0 atom stereocenters. The maximum atomic E-state index is 11.8. The van der Waals surface area contributed by atoms with E-state index in [9.17, 15) is 4.79 Å². The number of hydrogen-bond donors (Lipinski definition) is 1. The van der Waals surface area contributed by atoms with Crippen LogP contribution in [0, 0.1) is 13.8 Å². The van der Waals surface area contributed by atoms with Gasteiger partial charge in [0.1, 0.15) is 0 Å². The number of carbonyl (C=O) groups is 1. The highest BCUT2D eigenvalue weighted by molar-refractivity contribution is 7.13. The number of thiazole rings is 1. The summed E-state index contributed by atoms with van der Waals surface area (Å²) in [4.78, 5) is 15.8. The molecule has 0 radical (unpaired) electrons. The Morgan fingerprint density at radius 3 is 2.95 bits per heavy atom. The van der Waals surface area contributed by atoms with Gasteiger partial charge in [-0.15, -0.1) is 11.3 Å². The van der Waals surface area contributed by atoms with Crippen molar-refractivity contribution in [2.75, 3.05) is 5.32 Å². The zero-order valence-corrected chi connectivity index (χ0v) is 12.4. The van der Waals surface area contributed by atoms with Crippen LogP contribution in [0.3, 0.4) is 0 Å². The van der Waals surface area contributed by atoms with Crippen LogP contribution in [0.15, 0.2) is 23.7 Å². The number of rotatable bonds is 4. The van der Waals surface area contributed by atoms with Gasteiger partial charge in [0.05, 0.1) is 0 Å². The molecule has 20 heavy (non-hydrogen) atoms. The summed E-state index contributed by atoms with van der Waals surface area (Å²) in [6.07, 6.45) is 7.66. The van der Waals surface area contributed by atoms with E-state index in [-0.39, 0.29) is 5.91 Å². The second-order valence-electron chi connectivity index (χ2n) is 5.09. The fourth-order valence-electron chi connectivity index (χ4n) is 2.46. The van der Waals surface area contributed by atoms with Gasteiger partial charge in [0.2, 0.25) is 5.91 Å². The molecule has 2 aromatic heterocycles. The fraction of sp³-hybridized carbons (Fsp3) is 0.333. The molecule has 0 bridgehead atoms. The zero-order chi connectivity index (χ0) is 14.1. The summed E-state index contributed by atoms with van der Waals surface area (Å²) in [6.45, 7) is 4.24. The van der Waals surface area contributed by atoms with Crippen molar-refractivity contribution in [1.29, 1.82) is 0 Å². The Morgan fingerprint density at radius 2 is 2.30 bits per heavy atom. The van der Waals surface area contributed by atoms with Crippen LogP contribution < -0.4 is 5.32 Å². The predicted octanol–water partition coefficient (Wildman–Crippen LogP) is 3.55. The van der Waals surface area contributed by atoms with Crippen LogP contribution in [0.1, 0.15) is 35.8 Å². The molecular formula is C15H17N3OS. The number of aryl methyl sites for hydroxylation is 1. The largest absolute Gasteiger partial charge is 0.346 e. The lowest BCUT2D eigenvalue weighted by molar-refractivity contribution is -0.111. The van der Waals surface area contributed by atoms with Crippen LogP contribution in [-0.2, 0) is 4.79 Å². The van der Waals surface area contributed by atoms with E-state index in [4.69, 9.17) is 0 Å². The summed E-state index contributed by atoms with van der Waals surface area (Å²) in [7, 11) is 0. The minimum Gasteiger partial charge on any atom is -0.346 e. The first kappa shape index (κ1) is 13.1. The summed E-state index contributed by atoms with van der Waals surface area (Å²) in [5, 5.41) is 5.21. The minimum atomic E-state index is -0.142. The van der Waals surface area contributed by atoms with E-state index in [1.807, 2.05) is 11.5 Å². The molecule has 1 aliphatic carbocycles. The van der Waals surface area contributed by atoms with Crippen LogP contribution >= 0.6 is 11.3 Å². The highest BCUT2D eigenvalue weighted by atomic mass is 32.1. The molecule has 2 heterocycles. The molecule has 0 aromatic carbocycles. The standard InChI is InChI=1S/C15H17N3OS/c1-10-9-12(11(2)18(10)13-4-5-13)3-6-14(19)17-15-16-7-8-20-15/h3,6-9,13H,4-5H2,1-2H3,(H,16,17,19)/b6-3+. The number of anilines is 1. The molecule has 3 rings (SSSR count). The van der Waals surface area contributed by atoms with Gasteiger partial charge in [0, 0.05) is 35.1 Å². The van der Waals surface area contributed by atoms with E-state index in [1.165, 1.54) is 35.6 Å². The molecule has 2 aromatic rings. The monoisotopic (exact) mass is 287 g/mol. The third kappa shape index (κ3) is 2.67. The van der Waals surface area contributed by atoms with Crippen molar-refractivity contribution in [1.82, 2.24) is 9.55 Å². The minimum absolute atomic E-state index is 0.142. The molecule has 0 saturated heterocycles. The lowest BCUT2D eigenvalue weighted by Crippen LogP contribution is -2.07. The number of carbonyl (C=O) groups excluding carboxylic acids is 1. The van der Waals surface area contributed by atoms with Gasteiger partial charge in [-0.1, -0.05) is 0 Å². The third-order valence-electron chi connectivity index (χ3n) is 3.51. The van der Waals surface area contributed by atoms with Gasteiger partial charge >= 0.3 is 0 Å².